The highest BCUT2D eigenvalue weighted by Crippen LogP contribution is 2.37. The van der Waals surface area contributed by atoms with Crippen LogP contribution in [0.2, 0.25) is 0 Å². The number of nitrogens with one attached hydrogen (secondary N) is 1. The van der Waals surface area contributed by atoms with Crippen LogP contribution in [0, 0.1) is 0 Å². The quantitative estimate of drug-likeness (QED) is 0.919. The van der Waals surface area contributed by atoms with Crippen molar-refractivity contribution < 1.29 is 4.42 Å². The van der Waals surface area contributed by atoms with Crippen LogP contribution in [0.15, 0.2) is 16.7 Å². The van der Waals surface area contributed by atoms with Gasteiger partial charge in [0.15, 0.2) is 11.7 Å². The molecule has 0 spiro atoms. The summed E-state index contributed by atoms with van der Waals surface area (Å²) in [6, 6.07) is 2.28. The fourth-order valence-electron chi connectivity index (χ4n) is 2.35. The van der Waals surface area contributed by atoms with Crippen molar-refractivity contribution in [2.45, 2.75) is 44.9 Å². The van der Waals surface area contributed by atoms with Crippen LogP contribution in [-0.4, -0.2) is 22.8 Å². The van der Waals surface area contributed by atoms with E-state index in [1.165, 1.54) is 27.5 Å². The molecule has 3 heterocycles. The van der Waals surface area contributed by atoms with Gasteiger partial charge in [-0.25, -0.2) is 4.98 Å². The average molecular weight is 322 g/mol. The SMILES string of the molecule is CC(C)(C)NCCc1ncc(-c2cc3c(s2)CCSC3)o1. The van der Waals surface area contributed by atoms with E-state index in [1.807, 2.05) is 29.3 Å². The fraction of sp³-hybridized carbons (Fsp3) is 0.562. The molecule has 3 nitrogen and oxygen atoms in total. The molecule has 0 aliphatic carbocycles. The lowest BCUT2D eigenvalue weighted by atomic mass is 10.1. The summed E-state index contributed by atoms with van der Waals surface area (Å²) < 4.78 is 5.91. The highest BCUT2D eigenvalue weighted by atomic mass is 32.2. The second-order valence-corrected chi connectivity index (χ2v) is 8.65. The second kappa shape index (κ2) is 6.15. The van der Waals surface area contributed by atoms with Crippen molar-refractivity contribution in [1.82, 2.24) is 10.3 Å². The molecule has 0 atom stereocenters. The third kappa shape index (κ3) is 3.90. The van der Waals surface area contributed by atoms with E-state index in [-0.39, 0.29) is 5.54 Å². The van der Waals surface area contributed by atoms with Crippen LogP contribution < -0.4 is 5.32 Å². The summed E-state index contributed by atoms with van der Waals surface area (Å²) in [4.78, 5) is 7.16. The van der Waals surface area contributed by atoms with Gasteiger partial charge in [0, 0.05) is 29.1 Å². The first-order chi connectivity index (χ1) is 10.0. The highest BCUT2D eigenvalue weighted by molar-refractivity contribution is 7.98. The van der Waals surface area contributed by atoms with Crippen molar-refractivity contribution in [2.75, 3.05) is 12.3 Å². The van der Waals surface area contributed by atoms with E-state index >= 15 is 0 Å². The molecule has 3 rings (SSSR count). The molecule has 0 bridgehead atoms. The predicted molar refractivity (Wildman–Crippen MR) is 91.1 cm³/mol. The molecule has 1 aliphatic heterocycles. The molecule has 0 fully saturated rings. The summed E-state index contributed by atoms with van der Waals surface area (Å²) in [6.45, 7) is 7.40. The normalized spacial score (nSPS) is 15.2. The largest absolute Gasteiger partial charge is 0.440 e. The van der Waals surface area contributed by atoms with Crippen LogP contribution in [-0.2, 0) is 18.6 Å². The second-order valence-electron chi connectivity index (χ2n) is 6.41. The van der Waals surface area contributed by atoms with Crippen LogP contribution in [0.5, 0.6) is 0 Å². The minimum absolute atomic E-state index is 0.139. The Morgan fingerprint density at radius 2 is 2.24 bits per heavy atom. The van der Waals surface area contributed by atoms with E-state index in [0.717, 1.165) is 30.4 Å². The molecule has 0 saturated carbocycles. The van der Waals surface area contributed by atoms with E-state index in [2.05, 4.69) is 37.1 Å². The van der Waals surface area contributed by atoms with E-state index < -0.39 is 0 Å². The zero-order chi connectivity index (χ0) is 14.9. The molecular formula is C16H22N2OS2. The molecule has 114 valence electrons. The first-order valence-electron chi connectivity index (χ1n) is 7.41. The Hall–Kier alpha value is -0.780. The van der Waals surface area contributed by atoms with Crippen LogP contribution >= 0.6 is 23.1 Å². The van der Waals surface area contributed by atoms with Gasteiger partial charge < -0.3 is 9.73 Å². The average Bonchev–Trinajstić information content (AvgIpc) is 3.02. The topological polar surface area (TPSA) is 38.1 Å². The standard InChI is InChI=1S/C16H22N2OS2/c1-16(2,3)18-6-4-15-17-9-12(19-15)14-8-11-10-20-7-5-13(11)21-14/h8-9,18H,4-7,10H2,1-3H3. The molecule has 0 saturated heterocycles. The number of aromatic nitrogens is 1. The van der Waals surface area contributed by atoms with Gasteiger partial charge in [0.1, 0.15) is 0 Å². The van der Waals surface area contributed by atoms with Crippen molar-refractivity contribution >= 4 is 23.1 Å². The number of oxazole rings is 1. The van der Waals surface area contributed by atoms with Crippen LogP contribution in [0.1, 0.15) is 37.1 Å². The Morgan fingerprint density at radius 3 is 3.00 bits per heavy atom. The minimum Gasteiger partial charge on any atom is -0.440 e. The lowest BCUT2D eigenvalue weighted by Gasteiger charge is -2.19. The maximum Gasteiger partial charge on any atom is 0.196 e. The summed E-state index contributed by atoms with van der Waals surface area (Å²) in [7, 11) is 0. The number of thiophene rings is 1. The smallest absolute Gasteiger partial charge is 0.196 e. The van der Waals surface area contributed by atoms with E-state index in [9.17, 15) is 0 Å². The predicted octanol–water partition coefficient (Wildman–Crippen LogP) is 4.12. The Labute approximate surface area is 134 Å². The molecule has 0 unspecified atom stereocenters. The van der Waals surface area contributed by atoms with Gasteiger partial charge in [-0.2, -0.15) is 11.8 Å². The molecule has 21 heavy (non-hydrogen) atoms. The Bertz CT molecular complexity index is 587. The number of fused-ring (bicyclic) bond motifs is 1. The zero-order valence-corrected chi connectivity index (χ0v) is 14.5. The van der Waals surface area contributed by atoms with Gasteiger partial charge >= 0.3 is 0 Å². The van der Waals surface area contributed by atoms with Gasteiger partial charge in [-0.3, -0.25) is 0 Å². The number of aryl methyl sites for hydroxylation is 1. The first-order valence-corrected chi connectivity index (χ1v) is 9.38. The van der Waals surface area contributed by atoms with Gasteiger partial charge in [0.2, 0.25) is 0 Å². The van der Waals surface area contributed by atoms with Gasteiger partial charge in [-0.1, -0.05) is 0 Å². The number of hydrogen-bond donors (Lipinski definition) is 1. The third-order valence-electron chi connectivity index (χ3n) is 3.42. The van der Waals surface area contributed by atoms with Crippen molar-refractivity contribution in [2.24, 2.45) is 0 Å². The number of thioether (sulfide) groups is 1. The summed E-state index contributed by atoms with van der Waals surface area (Å²) in [5.74, 6) is 4.13. The van der Waals surface area contributed by atoms with E-state index in [1.54, 1.807) is 0 Å². The molecule has 2 aromatic rings. The van der Waals surface area contributed by atoms with E-state index in [0.29, 0.717) is 0 Å². The number of nitrogens with zero attached hydrogens (tertiary/aromatic N) is 1. The highest BCUT2D eigenvalue weighted by Gasteiger charge is 2.17. The van der Waals surface area contributed by atoms with Gasteiger partial charge in [-0.15, -0.1) is 11.3 Å². The van der Waals surface area contributed by atoms with Crippen LogP contribution in [0.3, 0.4) is 0 Å². The Morgan fingerprint density at radius 1 is 1.38 bits per heavy atom. The summed E-state index contributed by atoms with van der Waals surface area (Å²) in [5.41, 5.74) is 1.62. The van der Waals surface area contributed by atoms with Gasteiger partial charge in [0.25, 0.3) is 0 Å². The van der Waals surface area contributed by atoms with Gasteiger partial charge in [0.05, 0.1) is 11.1 Å². The fourth-order valence-corrected chi connectivity index (χ4v) is 4.67. The molecule has 1 aliphatic rings. The molecule has 0 amide bonds. The van der Waals surface area contributed by atoms with Crippen LogP contribution in [0.4, 0.5) is 0 Å². The summed E-state index contributed by atoms with van der Waals surface area (Å²) >= 11 is 3.88. The molecular weight excluding hydrogens is 300 g/mol. The minimum atomic E-state index is 0.139. The monoisotopic (exact) mass is 322 g/mol. The molecule has 0 aromatic carbocycles. The summed E-state index contributed by atoms with van der Waals surface area (Å²) in [6.07, 6.45) is 3.90. The number of rotatable bonds is 4. The van der Waals surface area contributed by atoms with E-state index in [4.69, 9.17) is 4.42 Å². The van der Waals surface area contributed by atoms with Crippen molar-refractivity contribution in [1.29, 1.82) is 0 Å². The van der Waals surface area contributed by atoms with Gasteiger partial charge in [-0.05, 0) is 44.6 Å². The third-order valence-corrected chi connectivity index (χ3v) is 5.68. The molecule has 1 N–H and O–H groups in total. The summed E-state index contributed by atoms with van der Waals surface area (Å²) in [5, 5.41) is 3.46. The van der Waals surface area contributed by atoms with Crippen molar-refractivity contribution in [3.05, 3.63) is 28.6 Å². The lowest BCUT2D eigenvalue weighted by Crippen LogP contribution is -2.37. The molecule has 2 aromatic heterocycles. The Balaban J connectivity index is 1.66. The maximum absolute atomic E-state index is 5.91. The lowest BCUT2D eigenvalue weighted by molar-refractivity contribution is 0.412. The zero-order valence-electron chi connectivity index (χ0n) is 12.9. The number of hydrogen-bond acceptors (Lipinski definition) is 5. The molecule has 5 heteroatoms. The Kier molecular flexibility index (Phi) is 4.43. The first kappa shape index (κ1) is 15.1. The maximum atomic E-state index is 5.91. The van der Waals surface area contributed by atoms with Crippen LogP contribution in [0.25, 0.3) is 10.6 Å². The van der Waals surface area contributed by atoms with Crippen molar-refractivity contribution in [3.63, 3.8) is 0 Å². The molecule has 0 radical (unpaired) electrons. The van der Waals surface area contributed by atoms with Crippen molar-refractivity contribution in [3.8, 4) is 10.6 Å².